The van der Waals surface area contributed by atoms with Crippen LogP contribution in [0, 0.1) is 5.92 Å². The van der Waals surface area contributed by atoms with Crippen LogP contribution >= 0.6 is 0 Å². The van der Waals surface area contributed by atoms with Gasteiger partial charge in [-0.3, -0.25) is 0 Å². The number of amides is 3. The van der Waals surface area contributed by atoms with Crippen LogP contribution < -0.4 is 10.1 Å². The molecule has 0 spiro atoms. The zero-order valence-corrected chi connectivity index (χ0v) is 17.3. The summed E-state index contributed by atoms with van der Waals surface area (Å²) >= 11 is 0. The standard InChI is InChI=1S/C20H29F2N3O4/c1-20(2,3)29-19(27)24(4)12-14-7-6-10-25(13-14)18(26)23-15-8-5-9-16(11-15)28-17(21)22/h5,8-9,11,14,17H,6-7,10,12-13H2,1-4H3,(H,23,26). The van der Waals surface area contributed by atoms with Gasteiger partial charge in [0.1, 0.15) is 11.4 Å². The molecule has 1 fully saturated rings. The maximum Gasteiger partial charge on any atom is 0.410 e. The number of hydrogen-bond acceptors (Lipinski definition) is 4. The van der Waals surface area contributed by atoms with Crippen molar-refractivity contribution in [1.29, 1.82) is 0 Å². The Morgan fingerprint density at radius 1 is 1.34 bits per heavy atom. The van der Waals surface area contributed by atoms with Crippen LogP contribution in [0.1, 0.15) is 33.6 Å². The van der Waals surface area contributed by atoms with E-state index in [2.05, 4.69) is 10.1 Å². The fourth-order valence-electron chi connectivity index (χ4n) is 3.15. The molecule has 1 aromatic carbocycles. The molecule has 162 valence electrons. The van der Waals surface area contributed by atoms with Gasteiger partial charge in [-0.2, -0.15) is 8.78 Å². The fourth-order valence-corrected chi connectivity index (χ4v) is 3.15. The number of hydrogen-bond donors (Lipinski definition) is 1. The number of nitrogens with zero attached hydrogens (tertiary/aromatic N) is 2. The predicted molar refractivity (Wildman–Crippen MR) is 105 cm³/mol. The van der Waals surface area contributed by atoms with Crippen LogP contribution in [0.4, 0.5) is 24.1 Å². The molecule has 1 unspecified atom stereocenters. The summed E-state index contributed by atoms with van der Waals surface area (Å²) in [5.74, 6) is 0.105. The van der Waals surface area contributed by atoms with Gasteiger partial charge in [-0.25, -0.2) is 9.59 Å². The topological polar surface area (TPSA) is 71.1 Å². The van der Waals surface area contributed by atoms with E-state index in [4.69, 9.17) is 4.74 Å². The molecule has 2 rings (SSSR count). The van der Waals surface area contributed by atoms with Crippen molar-refractivity contribution in [3.8, 4) is 5.75 Å². The van der Waals surface area contributed by atoms with E-state index in [-0.39, 0.29) is 17.7 Å². The number of likely N-dealkylation sites (tertiary alicyclic amines) is 1. The Balaban J connectivity index is 1.90. The Bertz CT molecular complexity index is 709. The second-order valence-corrected chi connectivity index (χ2v) is 8.15. The minimum Gasteiger partial charge on any atom is -0.444 e. The number of alkyl halides is 2. The van der Waals surface area contributed by atoms with Crippen LogP contribution in [0.3, 0.4) is 0 Å². The quantitative estimate of drug-likeness (QED) is 0.777. The first kappa shape index (κ1) is 22.7. The molecule has 0 bridgehead atoms. The van der Waals surface area contributed by atoms with E-state index < -0.39 is 18.3 Å². The lowest BCUT2D eigenvalue weighted by atomic mass is 9.98. The number of rotatable bonds is 5. The highest BCUT2D eigenvalue weighted by molar-refractivity contribution is 5.89. The average molecular weight is 413 g/mol. The normalized spacial score (nSPS) is 17.1. The van der Waals surface area contributed by atoms with E-state index in [1.54, 1.807) is 18.0 Å². The van der Waals surface area contributed by atoms with Gasteiger partial charge in [0.15, 0.2) is 0 Å². The zero-order chi connectivity index (χ0) is 21.6. The van der Waals surface area contributed by atoms with Crippen molar-refractivity contribution in [1.82, 2.24) is 9.80 Å². The molecular formula is C20H29F2N3O4. The molecule has 1 aliphatic heterocycles. The number of carbonyl (C=O) groups excluding carboxylic acids is 2. The Morgan fingerprint density at radius 3 is 2.72 bits per heavy atom. The van der Waals surface area contributed by atoms with Crippen LogP contribution in [0.2, 0.25) is 0 Å². The highest BCUT2D eigenvalue weighted by Crippen LogP contribution is 2.22. The van der Waals surface area contributed by atoms with Gasteiger partial charge in [0.2, 0.25) is 0 Å². The highest BCUT2D eigenvalue weighted by atomic mass is 19.3. The molecule has 1 heterocycles. The summed E-state index contributed by atoms with van der Waals surface area (Å²) < 4.78 is 34.4. The van der Waals surface area contributed by atoms with E-state index in [1.165, 1.54) is 23.1 Å². The summed E-state index contributed by atoms with van der Waals surface area (Å²) in [6.07, 6.45) is 1.32. The second-order valence-electron chi connectivity index (χ2n) is 8.15. The monoisotopic (exact) mass is 413 g/mol. The van der Waals surface area contributed by atoms with Gasteiger partial charge in [-0.05, 0) is 51.7 Å². The van der Waals surface area contributed by atoms with Crippen molar-refractivity contribution in [2.45, 2.75) is 45.8 Å². The highest BCUT2D eigenvalue weighted by Gasteiger charge is 2.27. The van der Waals surface area contributed by atoms with Crippen LogP contribution in [0.5, 0.6) is 5.75 Å². The first-order chi connectivity index (χ1) is 13.5. The molecule has 0 aliphatic carbocycles. The number of nitrogens with one attached hydrogen (secondary N) is 1. The average Bonchev–Trinajstić information content (AvgIpc) is 2.60. The van der Waals surface area contributed by atoms with Crippen LogP contribution in [0.25, 0.3) is 0 Å². The summed E-state index contributed by atoms with van der Waals surface area (Å²) in [6, 6.07) is 5.56. The minimum absolute atomic E-state index is 0.0201. The molecule has 7 nitrogen and oxygen atoms in total. The van der Waals surface area contributed by atoms with Gasteiger partial charge < -0.3 is 24.6 Å². The van der Waals surface area contributed by atoms with Crippen LogP contribution in [-0.4, -0.2) is 60.8 Å². The maximum atomic E-state index is 12.6. The summed E-state index contributed by atoms with van der Waals surface area (Å²) in [7, 11) is 1.68. The number of anilines is 1. The van der Waals surface area contributed by atoms with Gasteiger partial charge in [0.05, 0.1) is 0 Å². The Hall–Kier alpha value is -2.58. The van der Waals surface area contributed by atoms with Crippen LogP contribution in [-0.2, 0) is 4.74 Å². The Morgan fingerprint density at radius 2 is 2.07 bits per heavy atom. The molecule has 1 saturated heterocycles. The molecule has 1 aromatic rings. The number of carbonyl (C=O) groups is 2. The van der Waals surface area contributed by atoms with E-state index in [9.17, 15) is 18.4 Å². The first-order valence-corrected chi connectivity index (χ1v) is 9.58. The van der Waals surface area contributed by atoms with Crippen molar-refractivity contribution in [2.75, 3.05) is 32.0 Å². The SMILES string of the molecule is CN(CC1CCCN(C(=O)Nc2cccc(OC(F)F)c2)C1)C(=O)OC(C)(C)C. The predicted octanol–water partition coefficient (Wildman–Crippen LogP) is 4.40. The van der Waals surface area contributed by atoms with Crippen molar-refractivity contribution < 1.29 is 27.8 Å². The van der Waals surface area contributed by atoms with Gasteiger partial charge in [0, 0.05) is 38.4 Å². The summed E-state index contributed by atoms with van der Waals surface area (Å²) in [5.41, 5.74) is -0.187. The molecule has 1 atom stereocenters. The number of ether oxygens (including phenoxy) is 2. The van der Waals surface area contributed by atoms with E-state index in [0.29, 0.717) is 25.3 Å². The van der Waals surface area contributed by atoms with E-state index >= 15 is 0 Å². The lowest BCUT2D eigenvalue weighted by Gasteiger charge is -2.35. The largest absolute Gasteiger partial charge is 0.444 e. The van der Waals surface area contributed by atoms with Gasteiger partial charge in [0.25, 0.3) is 0 Å². The molecule has 0 saturated carbocycles. The van der Waals surface area contributed by atoms with Crippen molar-refractivity contribution in [2.24, 2.45) is 5.92 Å². The van der Waals surface area contributed by atoms with Crippen molar-refractivity contribution in [3.05, 3.63) is 24.3 Å². The lowest BCUT2D eigenvalue weighted by molar-refractivity contribution is -0.0498. The molecule has 0 aromatic heterocycles. The number of benzene rings is 1. The zero-order valence-electron chi connectivity index (χ0n) is 17.3. The molecular weight excluding hydrogens is 384 g/mol. The van der Waals surface area contributed by atoms with Crippen LogP contribution in [0.15, 0.2) is 24.3 Å². The molecule has 29 heavy (non-hydrogen) atoms. The Kier molecular flexibility index (Phi) is 7.64. The smallest absolute Gasteiger partial charge is 0.410 e. The lowest BCUT2D eigenvalue weighted by Crippen LogP contribution is -2.46. The van der Waals surface area contributed by atoms with Gasteiger partial charge in [-0.15, -0.1) is 0 Å². The summed E-state index contributed by atoms with van der Waals surface area (Å²) in [5, 5.41) is 2.71. The Labute approximate surface area is 169 Å². The third kappa shape index (κ3) is 7.75. The van der Waals surface area contributed by atoms with E-state index in [1.807, 2.05) is 20.8 Å². The summed E-state index contributed by atoms with van der Waals surface area (Å²) in [6.45, 7) is 4.08. The number of halogens is 2. The second kappa shape index (κ2) is 9.76. The third-order valence-electron chi connectivity index (χ3n) is 4.35. The molecule has 1 N–H and O–H groups in total. The van der Waals surface area contributed by atoms with Gasteiger partial charge >= 0.3 is 18.7 Å². The minimum atomic E-state index is -2.93. The molecule has 0 radical (unpaired) electrons. The fraction of sp³-hybridized carbons (Fsp3) is 0.600. The van der Waals surface area contributed by atoms with Crippen molar-refractivity contribution >= 4 is 17.8 Å². The first-order valence-electron chi connectivity index (χ1n) is 9.58. The maximum absolute atomic E-state index is 12.6. The number of urea groups is 1. The van der Waals surface area contributed by atoms with E-state index in [0.717, 1.165) is 12.8 Å². The molecule has 3 amide bonds. The molecule has 1 aliphatic rings. The molecule has 9 heteroatoms. The van der Waals surface area contributed by atoms with Gasteiger partial charge in [-0.1, -0.05) is 6.07 Å². The number of piperidine rings is 1. The van der Waals surface area contributed by atoms with Crippen molar-refractivity contribution in [3.63, 3.8) is 0 Å². The summed E-state index contributed by atoms with van der Waals surface area (Å²) in [4.78, 5) is 27.9. The third-order valence-corrected chi connectivity index (χ3v) is 4.35.